The first-order valence-electron chi connectivity index (χ1n) is 6.38. The zero-order chi connectivity index (χ0) is 14.0. The lowest BCUT2D eigenvalue weighted by molar-refractivity contribution is 0.227. The lowest BCUT2D eigenvalue weighted by Crippen LogP contribution is -2.49. The van der Waals surface area contributed by atoms with Crippen LogP contribution in [-0.2, 0) is 10.0 Å². The van der Waals surface area contributed by atoms with Crippen molar-refractivity contribution < 1.29 is 12.8 Å². The van der Waals surface area contributed by atoms with Gasteiger partial charge in [-0.05, 0) is 31.5 Å². The Hall–Kier alpha value is -0.980. The first-order valence-corrected chi connectivity index (χ1v) is 7.82. The SMILES string of the molecule is CNC1CCN(S(=O)(=O)c2ccccc2F)CC1C. The Labute approximate surface area is 113 Å². The number of sulfonamides is 1. The van der Waals surface area contributed by atoms with Gasteiger partial charge in [0.1, 0.15) is 10.7 Å². The van der Waals surface area contributed by atoms with Gasteiger partial charge in [0.2, 0.25) is 10.0 Å². The molecule has 6 heteroatoms. The van der Waals surface area contributed by atoms with Crippen LogP contribution in [0.4, 0.5) is 4.39 Å². The second kappa shape index (κ2) is 5.56. The van der Waals surface area contributed by atoms with Crippen LogP contribution in [0.3, 0.4) is 0 Å². The predicted octanol–water partition coefficient (Wildman–Crippen LogP) is 1.44. The summed E-state index contributed by atoms with van der Waals surface area (Å²) in [5, 5.41) is 3.18. The fraction of sp³-hybridized carbons (Fsp3) is 0.538. The van der Waals surface area contributed by atoms with Crippen molar-refractivity contribution in [3.05, 3.63) is 30.1 Å². The average Bonchev–Trinajstić information content (AvgIpc) is 2.39. The Kier molecular flexibility index (Phi) is 4.23. The fourth-order valence-corrected chi connectivity index (χ4v) is 4.17. The number of halogens is 1. The minimum Gasteiger partial charge on any atom is -0.317 e. The molecule has 2 unspecified atom stereocenters. The molecule has 0 spiro atoms. The van der Waals surface area contributed by atoms with Crippen molar-refractivity contribution in [2.24, 2.45) is 5.92 Å². The molecule has 0 saturated carbocycles. The van der Waals surface area contributed by atoms with Crippen LogP contribution in [0.1, 0.15) is 13.3 Å². The van der Waals surface area contributed by atoms with Gasteiger partial charge in [0.25, 0.3) is 0 Å². The summed E-state index contributed by atoms with van der Waals surface area (Å²) in [4.78, 5) is -0.231. The molecule has 1 aliphatic heterocycles. The Morgan fingerprint density at radius 3 is 2.63 bits per heavy atom. The first kappa shape index (κ1) is 14.4. The highest BCUT2D eigenvalue weighted by molar-refractivity contribution is 7.89. The molecule has 2 atom stereocenters. The molecule has 0 amide bonds. The van der Waals surface area contributed by atoms with E-state index in [4.69, 9.17) is 0 Å². The van der Waals surface area contributed by atoms with Crippen LogP contribution in [0.2, 0.25) is 0 Å². The topological polar surface area (TPSA) is 49.4 Å². The van der Waals surface area contributed by atoms with E-state index < -0.39 is 15.8 Å². The summed E-state index contributed by atoms with van der Waals surface area (Å²) >= 11 is 0. The van der Waals surface area contributed by atoms with Crippen LogP contribution in [0.15, 0.2) is 29.2 Å². The number of piperidine rings is 1. The Bertz CT molecular complexity index is 547. The van der Waals surface area contributed by atoms with Gasteiger partial charge in [-0.3, -0.25) is 0 Å². The van der Waals surface area contributed by atoms with Gasteiger partial charge in [-0.1, -0.05) is 19.1 Å². The van der Waals surface area contributed by atoms with Crippen LogP contribution in [0, 0.1) is 11.7 Å². The van der Waals surface area contributed by atoms with E-state index in [1.54, 1.807) is 6.07 Å². The van der Waals surface area contributed by atoms with Gasteiger partial charge >= 0.3 is 0 Å². The molecule has 1 fully saturated rings. The van der Waals surface area contributed by atoms with Crippen molar-refractivity contribution in [3.63, 3.8) is 0 Å². The third-order valence-corrected chi connectivity index (χ3v) is 5.59. The molecule has 1 saturated heterocycles. The van der Waals surface area contributed by atoms with E-state index in [0.29, 0.717) is 19.1 Å². The molecule has 1 aromatic carbocycles. The number of rotatable bonds is 3. The van der Waals surface area contributed by atoms with E-state index in [1.165, 1.54) is 22.5 Å². The second-order valence-corrected chi connectivity index (χ2v) is 6.86. The summed E-state index contributed by atoms with van der Waals surface area (Å²) < 4.78 is 39.9. The normalized spacial score (nSPS) is 25.4. The van der Waals surface area contributed by atoms with Crippen LogP contribution in [0.5, 0.6) is 0 Å². The van der Waals surface area contributed by atoms with E-state index in [1.807, 2.05) is 14.0 Å². The minimum absolute atomic E-state index is 0.209. The zero-order valence-corrected chi connectivity index (χ0v) is 12.0. The van der Waals surface area contributed by atoms with Crippen LogP contribution < -0.4 is 5.32 Å². The van der Waals surface area contributed by atoms with Crippen molar-refractivity contribution in [2.75, 3.05) is 20.1 Å². The molecule has 1 heterocycles. The molecule has 106 valence electrons. The molecule has 1 N–H and O–H groups in total. The summed E-state index contributed by atoms with van der Waals surface area (Å²) in [6.45, 7) is 2.85. The maximum Gasteiger partial charge on any atom is 0.245 e. The maximum absolute atomic E-state index is 13.7. The van der Waals surface area contributed by atoms with Crippen molar-refractivity contribution in [2.45, 2.75) is 24.3 Å². The molecule has 4 nitrogen and oxygen atoms in total. The average molecular weight is 286 g/mol. The first-order chi connectivity index (χ1) is 8.96. The molecule has 0 radical (unpaired) electrons. The van der Waals surface area contributed by atoms with E-state index in [2.05, 4.69) is 5.32 Å². The third kappa shape index (κ3) is 2.80. The third-order valence-electron chi connectivity index (χ3n) is 3.69. The van der Waals surface area contributed by atoms with Crippen LogP contribution in [-0.4, -0.2) is 38.9 Å². The van der Waals surface area contributed by atoms with Gasteiger partial charge in [0.05, 0.1) is 0 Å². The van der Waals surface area contributed by atoms with Gasteiger partial charge in [-0.15, -0.1) is 0 Å². The number of hydrogen-bond donors (Lipinski definition) is 1. The van der Waals surface area contributed by atoms with E-state index in [-0.39, 0.29) is 10.8 Å². The Morgan fingerprint density at radius 2 is 2.05 bits per heavy atom. The summed E-state index contributed by atoms with van der Waals surface area (Å²) in [5.41, 5.74) is 0. The van der Waals surface area contributed by atoms with Crippen LogP contribution in [0.25, 0.3) is 0 Å². The minimum atomic E-state index is -3.73. The lowest BCUT2D eigenvalue weighted by atomic mass is 9.96. The Morgan fingerprint density at radius 1 is 1.37 bits per heavy atom. The molecule has 0 aliphatic carbocycles. The molecule has 1 aromatic rings. The number of benzene rings is 1. The summed E-state index contributed by atoms with van der Waals surface area (Å²) in [6, 6.07) is 5.84. The second-order valence-electron chi connectivity index (χ2n) is 4.95. The number of nitrogens with one attached hydrogen (secondary N) is 1. The van der Waals surface area contributed by atoms with Crippen molar-refractivity contribution in [3.8, 4) is 0 Å². The molecular formula is C13H19FN2O2S. The molecule has 2 rings (SSSR count). The van der Waals surface area contributed by atoms with Gasteiger partial charge in [0, 0.05) is 19.1 Å². The monoisotopic (exact) mass is 286 g/mol. The number of nitrogens with zero attached hydrogens (tertiary/aromatic N) is 1. The summed E-state index contributed by atoms with van der Waals surface area (Å²) in [7, 11) is -1.85. The molecular weight excluding hydrogens is 267 g/mol. The van der Waals surface area contributed by atoms with Gasteiger partial charge in [0.15, 0.2) is 0 Å². The van der Waals surface area contributed by atoms with Crippen molar-refractivity contribution in [1.82, 2.24) is 9.62 Å². The number of hydrogen-bond acceptors (Lipinski definition) is 3. The van der Waals surface area contributed by atoms with Crippen LogP contribution >= 0.6 is 0 Å². The van der Waals surface area contributed by atoms with Gasteiger partial charge in [-0.2, -0.15) is 4.31 Å². The molecule has 0 aromatic heterocycles. The van der Waals surface area contributed by atoms with E-state index in [9.17, 15) is 12.8 Å². The largest absolute Gasteiger partial charge is 0.317 e. The Balaban J connectivity index is 2.25. The highest BCUT2D eigenvalue weighted by Gasteiger charge is 2.34. The maximum atomic E-state index is 13.7. The predicted molar refractivity (Wildman–Crippen MR) is 71.8 cm³/mol. The molecule has 0 bridgehead atoms. The smallest absolute Gasteiger partial charge is 0.245 e. The quantitative estimate of drug-likeness (QED) is 0.915. The van der Waals surface area contributed by atoms with Gasteiger partial charge in [-0.25, -0.2) is 12.8 Å². The van der Waals surface area contributed by atoms with Gasteiger partial charge < -0.3 is 5.32 Å². The lowest BCUT2D eigenvalue weighted by Gasteiger charge is -2.36. The van der Waals surface area contributed by atoms with E-state index >= 15 is 0 Å². The highest BCUT2D eigenvalue weighted by atomic mass is 32.2. The van der Waals surface area contributed by atoms with E-state index in [0.717, 1.165) is 6.42 Å². The van der Waals surface area contributed by atoms with Crippen molar-refractivity contribution >= 4 is 10.0 Å². The standard InChI is InChI=1S/C13H19FN2O2S/c1-10-9-16(8-7-12(10)15-2)19(17,18)13-6-4-3-5-11(13)14/h3-6,10,12,15H,7-9H2,1-2H3. The summed E-state index contributed by atoms with van der Waals surface area (Å²) in [6.07, 6.45) is 0.741. The highest BCUT2D eigenvalue weighted by Crippen LogP contribution is 2.25. The zero-order valence-electron chi connectivity index (χ0n) is 11.1. The fourth-order valence-electron chi connectivity index (χ4n) is 2.55. The molecule has 1 aliphatic rings. The summed E-state index contributed by atoms with van der Waals surface area (Å²) in [5.74, 6) is -0.480. The molecule has 19 heavy (non-hydrogen) atoms. The van der Waals surface area contributed by atoms with Crippen molar-refractivity contribution in [1.29, 1.82) is 0 Å².